The normalized spacial score (nSPS) is 37.4. The van der Waals surface area contributed by atoms with Crippen LogP contribution in [0.1, 0.15) is 74.1 Å². The highest BCUT2D eigenvalue weighted by atomic mass is 16.7. The van der Waals surface area contributed by atoms with Crippen LogP contribution in [0.4, 0.5) is 4.79 Å². The van der Waals surface area contributed by atoms with Crippen molar-refractivity contribution in [1.82, 2.24) is 10.2 Å². The molecule has 5 rings (SSSR count). The third-order valence-corrected chi connectivity index (χ3v) is 8.15. The van der Waals surface area contributed by atoms with Crippen LogP contribution in [-0.2, 0) is 18.8 Å². The second-order valence-electron chi connectivity index (χ2n) is 12.0. The molecular formula is C23H39BN2O6. The number of likely N-dealkylation sites (tertiary alicyclic amines) is 1. The minimum atomic E-state index is -1.09. The van der Waals surface area contributed by atoms with Crippen LogP contribution in [0.3, 0.4) is 0 Å². The maximum atomic E-state index is 13.4. The molecule has 0 aromatic rings. The van der Waals surface area contributed by atoms with Gasteiger partial charge >= 0.3 is 13.2 Å². The first-order valence-electron chi connectivity index (χ1n) is 12.0. The zero-order valence-electron chi connectivity index (χ0n) is 20.5. The van der Waals surface area contributed by atoms with Crippen molar-refractivity contribution in [2.45, 2.75) is 110 Å². The van der Waals surface area contributed by atoms with Crippen molar-refractivity contribution in [3.05, 3.63) is 0 Å². The van der Waals surface area contributed by atoms with Gasteiger partial charge in [0.15, 0.2) is 0 Å². The highest BCUT2D eigenvalue weighted by Crippen LogP contribution is 2.64. The smallest absolute Gasteiger partial charge is 0.444 e. The molecular weight excluding hydrogens is 411 g/mol. The SMILES string of the molecule is CC(O)[C@H](NC(=O)OC(C)(C)C)C(=O)N1CCC[C@H]1B1O[C@@H]2[C@@H]3C[C@H](C[C@]2(C)O1)C3(C)C. The van der Waals surface area contributed by atoms with Crippen LogP contribution in [-0.4, -0.2) is 71.1 Å². The molecule has 0 aromatic heterocycles. The Morgan fingerprint density at radius 3 is 2.56 bits per heavy atom. The Morgan fingerprint density at radius 2 is 1.97 bits per heavy atom. The molecule has 7 atom stereocenters. The summed E-state index contributed by atoms with van der Waals surface area (Å²) in [6.45, 7) is 14.1. The first-order chi connectivity index (χ1) is 14.7. The quantitative estimate of drug-likeness (QED) is 0.639. The van der Waals surface area contributed by atoms with Gasteiger partial charge in [-0.1, -0.05) is 13.8 Å². The standard InChI is InChI=1S/C23H39BN2O6/c1-13(27)17(25-20(29)30-21(2,3)4)19(28)26-10-8-9-16(26)24-31-18-15-11-14(22(15,5)6)12-23(18,7)32-24/h13-18,27H,8-12H2,1-7H3,(H,25,29)/t13?,14-,15+,16+,17+,18-,23+/m1/s1. The molecule has 180 valence electrons. The number of amides is 2. The maximum Gasteiger partial charge on any atom is 0.481 e. The van der Waals surface area contributed by atoms with Gasteiger partial charge in [0.1, 0.15) is 11.6 Å². The third-order valence-electron chi connectivity index (χ3n) is 8.15. The van der Waals surface area contributed by atoms with E-state index in [-0.39, 0.29) is 29.0 Å². The Bertz CT molecular complexity index is 768. The Hall–Kier alpha value is -1.32. The number of nitrogens with one attached hydrogen (secondary N) is 1. The summed E-state index contributed by atoms with van der Waals surface area (Å²) in [6.07, 6.45) is 2.02. The molecule has 2 bridgehead atoms. The average molecular weight is 450 g/mol. The molecule has 3 aliphatic carbocycles. The van der Waals surface area contributed by atoms with Crippen molar-refractivity contribution in [3.63, 3.8) is 0 Å². The topological polar surface area (TPSA) is 97.3 Å². The highest BCUT2D eigenvalue weighted by Gasteiger charge is 2.68. The van der Waals surface area contributed by atoms with E-state index in [2.05, 4.69) is 26.1 Å². The van der Waals surface area contributed by atoms with Crippen molar-refractivity contribution in [3.8, 4) is 0 Å². The van der Waals surface area contributed by atoms with E-state index in [1.807, 2.05) is 0 Å². The predicted molar refractivity (Wildman–Crippen MR) is 120 cm³/mol. The minimum Gasteiger partial charge on any atom is -0.444 e. The monoisotopic (exact) mass is 450 g/mol. The van der Waals surface area contributed by atoms with Crippen LogP contribution in [0.15, 0.2) is 0 Å². The van der Waals surface area contributed by atoms with Crippen LogP contribution >= 0.6 is 0 Å². The summed E-state index contributed by atoms with van der Waals surface area (Å²) in [5.74, 6) is 0.563. The molecule has 0 radical (unpaired) electrons. The van der Waals surface area contributed by atoms with E-state index in [9.17, 15) is 14.7 Å². The van der Waals surface area contributed by atoms with Crippen LogP contribution < -0.4 is 5.32 Å². The third kappa shape index (κ3) is 4.05. The number of rotatable bonds is 4. The van der Waals surface area contributed by atoms with E-state index in [0.717, 1.165) is 19.3 Å². The van der Waals surface area contributed by atoms with Gasteiger partial charge in [0.2, 0.25) is 5.91 Å². The minimum absolute atomic E-state index is 0.0394. The average Bonchev–Trinajstić information content (AvgIpc) is 3.27. The molecule has 8 nitrogen and oxygen atoms in total. The number of carbonyl (C=O) groups excluding carboxylic acids is 2. The second kappa shape index (κ2) is 7.88. The van der Waals surface area contributed by atoms with Gasteiger partial charge in [0.25, 0.3) is 0 Å². The van der Waals surface area contributed by atoms with Gasteiger partial charge in [0, 0.05) is 6.54 Å². The Kier molecular flexibility index (Phi) is 5.87. The number of aliphatic hydroxyl groups is 1. The number of hydrogen-bond donors (Lipinski definition) is 2. The van der Waals surface area contributed by atoms with E-state index in [1.165, 1.54) is 13.3 Å². The van der Waals surface area contributed by atoms with Crippen molar-refractivity contribution < 1.29 is 28.7 Å². The molecule has 0 aromatic carbocycles. The summed E-state index contributed by atoms with van der Waals surface area (Å²) in [6, 6.07) is -1.09. The number of aliphatic hydroxyl groups excluding tert-OH is 1. The largest absolute Gasteiger partial charge is 0.481 e. The van der Waals surface area contributed by atoms with Gasteiger partial charge in [-0.25, -0.2) is 4.79 Å². The zero-order chi connectivity index (χ0) is 23.6. The van der Waals surface area contributed by atoms with Gasteiger partial charge in [-0.2, -0.15) is 0 Å². The number of nitrogens with zero attached hydrogens (tertiary/aromatic N) is 1. The molecule has 3 saturated carbocycles. The predicted octanol–water partition coefficient (Wildman–Crippen LogP) is 2.52. The van der Waals surface area contributed by atoms with Crippen LogP contribution in [0.5, 0.6) is 0 Å². The summed E-state index contributed by atoms with van der Waals surface area (Å²) >= 11 is 0. The molecule has 2 aliphatic heterocycles. The lowest BCUT2D eigenvalue weighted by Gasteiger charge is -2.63. The van der Waals surface area contributed by atoms with E-state index in [4.69, 9.17) is 14.0 Å². The van der Waals surface area contributed by atoms with Crippen molar-refractivity contribution in [1.29, 1.82) is 0 Å². The van der Waals surface area contributed by atoms with E-state index < -0.39 is 31.0 Å². The lowest BCUT2D eigenvalue weighted by Crippen LogP contribution is -2.63. The Balaban J connectivity index is 1.46. The van der Waals surface area contributed by atoms with Crippen LogP contribution in [0.25, 0.3) is 0 Å². The van der Waals surface area contributed by atoms with Crippen molar-refractivity contribution in [2.75, 3.05) is 6.54 Å². The number of carbonyl (C=O) groups is 2. The lowest BCUT2D eigenvalue weighted by molar-refractivity contribution is -0.185. The van der Waals surface area contributed by atoms with Gasteiger partial charge in [0.05, 0.1) is 23.8 Å². The summed E-state index contributed by atoms with van der Waals surface area (Å²) in [5.41, 5.74) is -0.746. The van der Waals surface area contributed by atoms with Crippen LogP contribution in [0, 0.1) is 17.3 Å². The maximum absolute atomic E-state index is 13.4. The van der Waals surface area contributed by atoms with E-state index >= 15 is 0 Å². The fourth-order valence-electron chi connectivity index (χ4n) is 6.26. The molecule has 2 amide bonds. The lowest BCUT2D eigenvalue weighted by atomic mass is 9.45. The molecule has 5 aliphatic rings. The van der Waals surface area contributed by atoms with E-state index in [1.54, 1.807) is 25.7 Å². The fourth-order valence-corrected chi connectivity index (χ4v) is 6.26. The van der Waals surface area contributed by atoms with Crippen LogP contribution in [0.2, 0.25) is 0 Å². The van der Waals surface area contributed by atoms with Gasteiger partial charge in [-0.3, -0.25) is 4.79 Å². The molecule has 0 spiro atoms. The first-order valence-corrected chi connectivity index (χ1v) is 12.0. The molecule has 5 fully saturated rings. The summed E-state index contributed by atoms with van der Waals surface area (Å²) in [5, 5.41) is 12.8. The van der Waals surface area contributed by atoms with Gasteiger partial charge in [-0.05, 0) is 77.6 Å². The van der Waals surface area contributed by atoms with Gasteiger partial charge < -0.3 is 29.4 Å². The summed E-state index contributed by atoms with van der Waals surface area (Å²) in [4.78, 5) is 27.4. The summed E-state index contributed by atoms with van der Waals surface area (Å²) in [7, 11) is -0.484. The van der Waals surface area contributed by atoms with E-state index in [0.29, 0.717) is 18.4 Å². The Labute approximate surface area is 191 Å². The molecule has 2 heterocycles. The first kappa shape index (κ1) is 23.8. The fraction of sp³-hybridized carbons (Fsp3) is 0.913. The molecule has 32 heavy (non-hydrogen) atoms. The van der Waals surface area contributed by atoms with Crippen molar-refractivity contribution >= 4 is 19.1 Å². The summed E-state index contributed by atoms with van der Waals surface area (Å²) < 4.78 is 18.3. The highest BCUT2D eigenvalue weighted by molar-refractivity contribution is 6.48. The number of ether oxygens (including phenoxy) is 1. The second-order valence-corrected chi connectivity index (χ2v) is 12.0. The van der Waals surface area contributed by atoms with Gasteiger partial charge in [-0.15, -0.1) is 0 Å². The molecule has 2 saturated heterocycles. The zero-order valence-corrected chi connectivity index (χ0v) is 20.5. The number of alkyl carbamates (subject to hydrolysis) is 1. The molecule has 1 unspecified atom stereocenters. The molecule has 2 N–H and O–H groups in total. The Morgan fingerprint density at radius 1 is 1.28 bits per heavy atom. The van der Waals surface area contributed by atoms with Crippen molar-refractivity contribution in [2.24, 2.45) is 17.3 Å². The number of hydrogen-bond acceptors (Lipinski definition) is 6. The molecule has 9 heteroatoms.